The maximum absolute atomic E-state index is 5.96. The van der Waals surface area contributed by atoms with Crippen molar-refractivity contribution >= 4 is 11.0 Å². The van der Waals surface area contributed by atoms with E-state index in [2.05, 4.69) is 52.8 Å². The Labute approximate surface area is 97.5 Å². The summed E-state index contributed by atoms with van der Waals surface area (Å²) in [6, 6.07) is 6.43. The molecule has 0 atom stereocenters. The molecule has 1 nitrogen and oxygen atoms in total. The molecule has 0 unspecified atom stereocenters. The molecule has 0 aliphatic heterocycles. The molecule has 16 heavy (non-hydrogen) atoms. The minimum atomic E-state index is 0.272. The molecule has 0 fully saturated rings. The zero-order valence-corrected chi connectivity index (χ0v) is 10.8. The van der Waals surface area contributed by atoms with Crippen molar-refractivity contribution in [3.8, 4) is 0 Å². The van der Waals surface area contributed by atoms with Crippen molar-refractivity contribution in [1.29, 1.82) is 0 Å². The maximum Gasteiger partial charge on any atom is 0.134 e. The molecule has 0 amide bonds. The summed E-state index contributed by atoms with van der Waals surface area (Å²) < 4.78 is 5.96. The highest BCUT2D eigenvalue weighted by Gasteiger charge is 2.17. The molecule has 0 spiro atoms. The first-order chi connectivity index (χ1) is 7.37. The van der Waals surface area contributed by atoms with E-state index in [4.69, 9.17) is 4.42 Å². The van der Waals surface area contributed by atoms with E-state index >= 15 is 0 Å². The first-order valence-electron chi connectivity index (χ1n) is 5.85. The van der Waals surface area contributed by atoms with Gasteiger partial charge in [-0.3, -0.25) is 0 Å². The van der Waals surface area contributed by atoms with E-state index < -0.39 is 0 Å². The number of hydrogen-bond acceptors (Lipinski definition) is 1. The molecule has 0 bridgehead atoms. The van der Waals surface area contributed by atoms with Crippen molar-refractivity contribution in [2.24, 2.45) is 5.41 Å². The van der Waals surface area contributed by atoms with E-state index in [-0.39, 0.29) is 5.41 Å². The van der Waals surface area contributed by atoms with Gasteiger partial charge < -0.3 is 4.42 Å². The largest absolute Gasteiger partial charge is 0.461 e. The van der Waals surface area contributed by atoms with Crippen molar-refractivity contribution in [2.75, 3.05) is 0 Å². The summed E-state index contributed by atoms with van der Waals surface area (Å²) >= 11 is 0. The van der Waals surface area contributed by atoms with Crippen LogP contribution in [0.2, 0.25) is 0 Å². The number of aryl methyl sites for hydroxylation is 2. The molecule has 86 valence electrons. The van der Waals surface area contributed by atoms with Gasteiger partial charge in [0.2, 0.25) is 0 Å². The van der Waals surface area contributed by atoms with Gasteiger partial charge in [-0.05, 0) is 36.5 Å². The molecular weight excluding hydrogens is 196 g/mol. The Kier molecular flexibility index (Phi) is 2.57. The van der Waals surface area contributed by atoms with Crippen LogP contribution >= 0.6 is 0 Å². The Morgan fingerprint density at radius 1 is 1.12 bits per heavy atom. The second-order valence-corrected chi connectivity index (χ2v) is 5.89. The highest BCUT2D eigenvalue weighted by molar-refractivity contribution is 5.82. The maximum atomic E-state index is 5.96. The zero-order valence-electron chi connectivity index (χ0n) is 10.8. The first kappa shape index (κ1) is 11.3. The number of furan rings is 1. The average molecular weight is 216 g/mol. The third-order valence-electron chi connectivity index (χ3n) is 2.88. The van der Waals surface area contributed by atoms with Crippen molar-refractivity contribution in [1.82, 2.24) is 0 Å². The number of rotatable bonds is 1. The molecular formula is C15H20O. The first-order valence-corrected chi connectivity index (χ1v) is 5.85. The molecule has 2 aromatic rings. The van der Waals surface area contributed by atoms with E-state index in [0.29, 0.717) is 0 Å². The van der Waals surface area contributed by atoms with Crippen molar-refractivity contribution in [3.05, 3.63) is 35.1 Å². The van der Waals surface area contributed by atoms with Crippen LogP contribution in [-0.4, -0.2) is 0 Å². The van der Waals surface area contributed by atoms with Crippen LogP contribution in [0.4, 0.5) is 0 Å². The van der Waals surface area contributed by atoms with E-state index in [1.807, 2.05) is 0 Å². The van der Waals surface area contributed by atoms with Crippen molar-refractivity contribution in [2.45, 2.75) is 41.0 Å². The standard InChI is InChI=1S/C15H20O/c1-10-6-7-12-11(2)14(9-15(3,4)5)16-13(12)8-10/h6-8H,9H2,1-5H3. The molecule has 0 N–H and O–H groups in total. The van der Waals surface area contributed by atoms with Gasteiger partial charge in [0.25, 0.3) is 0 Å². The predicted octanol–water partition coefficient (Wildman–Crippen LogP) is 4.64. The highest BCUT2D eigenvalue weighted by atomic mass is 16.3. The Balaban J connectivity index is 2.52. The van der Waals surface area contributed by atoms with Crippen LogP contribution < -0.4 is 0 Å². The predicted molar refractivity (Wildman–Crippen MR) is 68.8 cm³/mol. The van der Waals surface area contributed by atoms with Gasteiger partial charge in [0.1, 0.15) is 11.3 Å². The lowest BCUT2D eigenvalue weighted by Crippen LogP contribution is -2.09. The minimum absolute atomic E-state index is 0.272. The minimum Gasteiger partial charge on any atom is -0.461 e. The van der Waals surface area contributed by atoms with Gasteiger partial charge in [0.15, 0.2) is 0 Å². The lowest BCUT2D eigenvalue weighted by molar-refractivity contribution is 0.369. The third-order valence-corrected chi connectivity index (χ3v) is 2.88. The molecule has 0 saturated heterocycles. The SMILES string of the molecule is Cc1ccc2c(C)c(CC(C)(C)C)oc2c1. The normalized spacial score (nSPS) is 12.3. The quantitative estimate of drug-likeness (QED) is 0.677. The molecule has 2 rings (SSSR count). The molecule has 1 aromatic carbocycles. The Bertz CT molecular complexity index is 512. The van der Waals surface area contributed by atoms with Gasteiger partial charge in [-0.25, -0.2) is 0 Å². The van der Waals surface area contributed by atoms with Crippen LogP contribution in [0.15, 0.2) is 22.6 Å². The summed E-state index contributed by atoms with van der Waals surface area (Å²) in [5, 5.41) is 1.25. The summed E-state index contributed by atoms with van der Waals surface area (Å²) in [6.07, 6.45) is 0.993. The Morgan fingerprint density at radius 3 is 2.44 bits per heavy atom. The summed E-state index contributed by atoms with van der Waals surface area (Å²) in [7, 11) is 0. The lowest BCUT2D eigenvalue weighted by Gasteiger charge is -2.16. The summed E-state index contributed by atoms with van der Waals surface area (Å²) in [4.78, 5) is 0. The fraction of sp³-hybridized carbons (Fsp3) is 0.467. The van der Waals surface area contributed by atoms with E-state index in [0.717, 1.165) is 17.8 Å². The molecule has 0 aliphatic carbocycles. The summed E-state index contributed by atoms with van der Waals surface area (Å²) in [6.45, 7) is 11.0. The fourth-order valence-electron chi connectivity index (χ4n) is 2.03. The summed E-state index contributed by atoms with van der Waals surface area (Å²) in [5.74, 6) is 1.13. The number of benzene rings is 1. The van der Waals surface area contributed by atoms with E-state index in [1.165, 1.54) is 16.5 Å². The summed E-state index contributed by atoms with van der Waals surface area (Å²) in [5.41, 5.74) is 3.85. The second-order valence-electron chi connectivity index (χ2n) is 5.89. The van der Waals surface area contributed by atoms with Crippen LogP contribution in [-0.2, 0) is 6.42 Å². The third kappa shape index (κ3) is 2.13. The zero-order chi connectivity index (χ0) is 11.9. The van der Waals surface area contributed by atoms with Crippen molar-refractivity contribution in [3.63, 3.8) is 0 Å². The topological polar surface area (TPSA) is 13.1 Å². The van der Waals surface area contributed by atoms with E-state index in [9.17, 15) is 0 Å². The van der Waals surface area contributed by atoms with Gasteiger partial charge in [-0.1, -0.05) is 32.9 Å². The fourth-order valence-corrected chi connectivity index (χ4v) is 2.03. The monoisotopic (exact) mass is 216 g/mol. The van der Waals surface area contributed by atoms with Crippen LogP contribution in [0.1, 0.15) is 37.7 Å². The molecule has 1 heterocycles. The number of hydrogen-bond donors (Lipinski definition) is 0. The van der Waals surface area contributed by atoms with Crippen LogP contribution in [0.25, 0.3) is 11.0 Å². The van der Waals surface area contributed by atoms with Gasteiger partial charge in [0, 0.05) is 11.8 Å². The molecule has 0 aliphatic rings. The van der Waals surface area contributed by atoms with Gasteiger partial charge in [-0.15, -0.1) is 0 Å². The molecule has 1 heteroatoms. The molecule has 1 aromatic heterocycles. The van der Waals surface area contributed by atoms with E-state index in [1.54, 1.807) is 0 Å². The molecule has 0 saturated carbocycles. The van der Waals surface area contributed by atoms with Crippen LogP contribution in [0.5, 0.6) is 0 Å². The van der Waals surface area contributed by atoms with Crippen LogP contribution in [0.3, 0.4) is 0 Å². The average Bonchev–Trinajstić information content (AvgIpc) is 2.40. The number of fused-ring (bicyclic) bond motifs is 1. The highest BCUT2D eigenvalue weighted by Crippen LogP contribution is 2.30. The molecule has 0 radical (unpaired) electrons. The Hall–Kier alpha value is -1.24. The Morgan fingerprint density at radius 2 is 1.81 bits per heavy atom. The van der Waals surface area contributed by atoms with Gasteiger partial charge in [0.05, 0.1) is 0 Å². The van der Waals surface area contributed by atoms with Crippen molar-refractivity contribution < 1.29 is 4.42 Å². The second kappa shape index (κ2) is 3.65. The smallest absolute Gasteiger partial charge is 0.134 e. The van der Waals surface area contributed by atoms with Crippen LogP contribution in [0, 0.1) is 19.3 Å². The lowest BCUT2D eigenvalue weighted by atomic mass is 9.90. The van der Waals surface area contributed by atoms with Gasteiger partial charge >= 0.3 is 0 Å². The van der Waals surface area contributed by atoms with Gasteiger partial charge in [-0.2, -0.15) is 0 Å².